The third-order valence-corrected chi connectivity index (χ3v) is 6.91. The van der Waals surface area contributed by atoms with Gasteiger partial charge < -0.3 is 10.1 Å². The molecule has 0 saturated carbocycles. The number of benzene rings is 3. The molecule has 1 heterocycles. The minimum Gasteiger partial charge on any atom is -0.476 e. The number of ether oxygens (including phenoxy) is 1. The summed E-state index contributed by atoms with van der Waals surface area (Å²) >= 11 is 0. The second-order valence-electron chi connectivity index (χ2n) is 7.65. The zero-order valence-electron chi connectivity index (χ0n) is 17.4. The van der Waals surface area contributed by atoms with E-state index in [2.05, 4.69) is 5.32 Å². The third-order valence-electron chi connectivity index (χ3n) is 5.19. The summed E-state index contributed by atoms with van der Waals surface area (Å²) in [6, 6.07) is 21.6. The Morgan fingerprint density at radius 2 is 1.74 bits per heavy atom. The Bertz CT molecular complexity index is 1210. The number of nitrogens with zero attached hydrogens (tertiary/aromatic N) is 1. The van der Waals surface area contributed by atoms with Crippen molar-refractivity contribution in [1.29, 1.82) is 0 Å². The van der Waals surface area contributed by atoms with Gasteiger partial charge >= 0.3 is 0 Å². The molecule has 160 valence electrons. The van der Waals surface area contributed by atoms with Crippen LogP contribution in [0.1, 0.15) is 16.7 Å². The zero-order valence-corrected chi connectivity index (χ0v) is 18.2. The first-order valence-corrected chi connectivity index (χ1v) is 11.6. The van der Waals surface area contributed by atoms with Crippen LogP contribution in [0.2, 0.25) is 0 Å². The number of carbonyl (C=O) groups excluding carboxylic acids is 1. The van der Waals surface area contributed by atoms with Gasteiger partial charge in [0.2, 0.25) is 10.0 Å². The summed E-state index contributed by atoms with van der Waals surface area (Å²) in [7, 11) is -3.73. The molecular formula is C24H24N2O4S. The molecule has 1 amide bonds. The molecule has 3 aromatic carbocycles. The van der Waals surface area contributed by atoms with E-state index in [0.29, 0.717) is 22.7 Å². The van der Waals surface area contributed by atoms with E-state index in [9.17, 15) is 13.2 Å². The van der Waals surface area contributed by atoms with Gasteiger partial charge in [-0.3, -0.25) is 9.10 Å². The fraction of sp³-hybridized carbons (Fsp3) is 0.208. The number of para-hydroxylation sites is 2. The number of hydrogen-bond acceptors (Lipinski definition) is 4. The molecule has 1 aliphatic rings. The van der Waals surface area contributed by atoms with Crippen molar-refractivity contribution in [2.45, 2.75) is 25.7 Å². The van der Waals surface area contributed by atoms with E-state index in [1.54, 1.807) is 48.5 Å². The van der Waals surface area contributed by atoms with Crippen LogP contribution in [0, 0.1) is 13.8 Å². The lowest BCUT2D eigenvalue weighted by atomic mass is 10.1. The van der Waals surface area contributed by atoms with Crippen molar-refractivity contribution < 1.29 is 17.9 Å². The SMILES string of the molecule is Cc1ccc(NC(=O)C2CN(S(=O)(=O)Cc3ccccc3)c3ccccc3O2)c(C)c1. The van der Waals surface area contributed by atoms with Gasteiger partial charge in [-0.1, -0.05) is 60.2 Å². The topological polar surface area (TPSA) is 75.7 Å². The highest BCUT2D eigenvalue weighted by Gasteiger charge is 2.36. The molecule has 7 heteroatoms. The van der Waals surface area contributed by atoms with E-state index in [4.69, 9.17) is 4.74 Å². The maximum atomic E-state index is 13.3. The number of nitrogens with one attached hydrogen (secondary N) is 1. The number of sulfonamides is 1. The quantitative estimate of drug-likeness (QED) is 0.655. The molecule has 6 nitrogen and oxygen atoms in total. The van der Waals surface area contributed by atoms with Crippen LogP contribution in [0.15, 0.2) is 72.8 Å². The molecular weight excluding hydrogens is 412 g/mol. The van der Waals surface area contributed by atoms with Crippen LogP contribution in [0.5, 0.6) is 5.75 Å². The second-order valence-corrected chi connectivity index (χ2v) is 9.55. The Labute approximate surface area is 182 Å². The zero-order chi connectivity index (χ0) is 22.0. The fourth-order valence-corrected chi connectivity index (χ4v) is 5.21. The maximum absolute atomic E-state index is 13.3. The van der Waals surface area contributed by atoms with Crippen molar-refractivity contribution in [3.05, 3.63) is 89.5 Å². The molecule has 31 heavy (non-hydrogen) atoms. The number of aryl methyl sites for hydroxylation is 2. The van der Waals surface area contributed by atoms with Crippen molar-refractivity contribution in [1.82, 2.24) is 0 Å². The number of hydrogen-bond donors (Lipinski definition) is 1. The molecule has 0 aromatic heterocycles. The van der Waals surface area contributed by atoms with Crippen LogP contribution in [0.25, 0.3) is 0 Å². The number of fused-ring (bicyclic) bond motifs is 1. The standard InChI is InChI=1S/C24H24N2O4S/c1-17-12-13-20(18(2)14-17)25-24(27)23-15-26(21-10-6-7-11-22(21)30-23)31(28,29)16-19-8-4-3-5-9-19/h3-14,23H,15-16H2,1-2H3,(H,25,27). The number of rotatable bonds is 5. The van der Waals surface area contributed by atoms with Crippen LogP contribution in [0.3, 0.4) is 0 Å². The minimum absolute atomic E-state index is 0.0943. The summed E-state index contributed by atoms with van der Waals surface area (Å²) in [4.78, 5) is 13.0. The highest BCUT2D eigenvalue weighted by Crippen LogP contribution is 2.36. The van der Waals surface area contributed by atoms with E-state index in [1.165, 1.54) is 4.31 Å². The van der Waals surface area contributed by atoms with Crippen molar-refractivity contribution in [3.63, 3.8) is 0 Å². The van der Waals surface area contributed by atoms with E-state index in [-0.39, 0.29) is 18.2 Å². The first kappa shape index (κ1) is 20.9. The van der Waals surface area contributed by atoms with Crippen LogP contribution in [-0.2, 0) is 20.6 Å². The Kier molecular flexibility index (Phi) is 5.69. The van der Waals surface area contributed by atoms with E-state index >= 15 is 0 Å². The first-order chi connectivity index (χ1) is 14.8. The first-order valence-electron chi connectivity index (χ1n) is 10.0. The molecule has 0 spiro atoms. The van der Waals surface area contributed by atoms with Gasteiger partial charge in [0.25, 0.3) is 5.91 Å². The molecule has 1 N–H and O–H groups in total. The van der Waals surface area contributed by atoms with Crippen LogP contribution < -0.4 is 14.4 Å². The summed E-state index contributed by atoms with van der Waals surface area (Å²) < 4.78 is 33.7. The van der Waals surface area contributed by atoms with E-state index in [1.807, 2.05) is 38.1 Å². The molecule has 1 atom stereocenters. The molecule has 3 aromatic rings. The lowest BCUT2D eigenvalue weighted by Gasteiger charge is -2.34. The van der Waals surface area contributed by atoms with Crippen molar-refractivity contribution in [2.24, 2.45) is 0 Å². The summed E-state index contributed by atoms with van der Waals surface area (Å²) in [6.07, 6.45) is -0.971. The summed E-state index contributed by atoms with van der Waals surface area (Å²) in [6.45, 7) is 3.80. The Morgan fingerprint density at radius 3 is 2.48 bits per heavy atom. The predicted molar refractivity (Wildman–Crippen MR) is 122 cm³/mol. The maximum Gasteiger partial charge on any atom is 0.267 e. The van der Waals surface area contributed by atoms with Crippen molar-refractivity contribution >= 4 is 27.3 Å². The average Bonchev–Trinajstić information content (AvgIpc) is 2.75. The molecule has 0 fully saturated rings. The molecule has 0 aliphatic carbocycles. The summed E-state index contributed by atoms with van der Waals surface area (Å²) in [5.74, 6) is -0.180. The third kappa shape index (κ3) is 4.56. The van der Waals surface area contributed by atoms with Gasteiger partial charge in [-0.2, -0.15) is 0 Å². The molecule has 1 aliphatic heterocycles. The van der Waals surface area contributed by atoms with Crippen molar-refractivity contribution in [3.8, 4) is 5.75 Å². The van der Waals surface area contributed by atoms with Gasteiger partial charge in [0.05, 0.1) is 18.0 Å². The van der Waals surface area contributed by atoms with E-state index < -0.39 is 16.1 Å². The van der Waals surface area contributed by atoms with Crippen molar-refractivity contribution in [2.75, 3.05) is 16.2 Å². The average molecular weight is 437 g/mol. The van der Waals surface area contributed by atoms with E-state index in [0.717, 1.165) is 11.1 Å². The number of anilines is 2. The summed E-state index contributed by atoms with van der Waals surface area (Å²) in [5.41, 5.74) is 3.82. The number of amides is 1. The highest BCUT2D eigenvalue weighted by atomic mass is 32.2. The lowest BCUT2D eigenvalue weighted by molar-refractivity contribution is -0.122. The van der Waals surface area contributed by atoms with Gasteiger partial charge in [-0.05, 0) is 43.2 Å². The smallest absolute Gasteiger partial charge is 0.267 e. The van der Waals surface area contributed by atoms with Gasteiger partial charge in [-0.15, -0.1) is 0 Å². The Hall–Kier alpha value is -3.32. The summed E-state index contributed by atoms with van der Waals surface area (Å²) in [5, 5.41) is 2.87. The van der Waals surface area contributed by atoms with Gasteiger partial charge in [0, 0.05) is 5.69 Å². The minimum atomic E-state index is -3.73. The molecule has 4 rings (SSSR count). The molecule has 0 bridgehead atoms. The largest absolute Gasteiger partial charge is 0.476 e. The Balaban J connectivity index is 1.61. The monoisotopic (exact) mass is 436 g/mol. The number of carbonyl (C=O) groups is 1. The molecule has 1 unspecified atom stereocenters. The van der Waals surface area contributed by atoms with Gasteiger partial charge in [-0.25, -0.2) is 8.42 Å². The van der Waals surface area contributed by atoms with Crippen LogP contribution in [0.4, 0.5) is 11.4 Å². The highest BCUT2D eigenvalue weighted by molar-refractivity contribution is 7.92. The van der Waals surface area contributed by atoms with Gasteiger partial charge in [0.15, 0.2) is 6.10 Å². The van der Waals surface area contributed by atoms with Crippen LogP contribution >= 0.6 is 0 Å². The predicted octanol–water partition coefficient (Wildman–Crippen LogP) is 4.04. The van der Waals surface area contributed by atoms with Gasteiger partial charge in [0.1, 0.15) is 5.75 Å². The Morgan fingerprint density at radius 1 is 1.03 bits per heavy atom. The molecule has 0 radical (unpaired) electrons. The van der Waals surface area contributed by atoms with Crippen LogP contribution in [-0.4, -0.2) is 27.0 Å². The fourth-order valence-electron chi connectivity index (χ4n) is 3.63. The lowest BCUT2D eigenvalue weighted by Crippen LogP contribution is -2.49. The normalized spacial score (nSPS) is 15.7. The second kappa shape index (κ2) is 8.43. The molecule has 0 saturated heterocycles.